The molecule has 14 heavy (non-hydrogen) atoms. The summed E-state index contributed by atoms with van der Waals surface area (Å²) in [6.45, 7) is 4.65. The second-order valence-corrected chi connectivity index (χ2v) is 3.53. The van der Waals surface area contributed by atoms with Gasteiger partial charge in [0.1, 0.15) is 5.82 Å². The van der Waals surface area contributed by atoms with Crippen LogP contribution >= 0.6 is 0 Å². The van der Waals surface area contributed by atoms with Crippen LogP contribution in [0, 0.1) is 5.92 Å². The predicted octanol–water partition coefficient (Wildman–Crippen LogP) is 0.165. The van der Waals surface area contributed by atoms with Crippen LogP contribution in [0.25, 0.3) is 0 Å². The van der Waals surface area contributed by atoms with Gasteiger partial charge in [-0.2, -0.15) is 0 Å². The highest BCUT2D eigenvalue weighted by Gasteiger charge is 2.11. The van der Waals surface area contributed by atoms with E-state index in [0.29, 0.717) is 18.3 Å². The largest absolute Gasteiger partial charge is 0.366 e. The van der Waals surface area contributed by atoms with Crippen LogP contribution in [0.5, 0.6) is 0 Å². The second kappa shape index (κ2) is 4.76. The maximum absolute atomic E-state index is 11.0. The zero-order valence-corrected chi connectivity index (χ0v) is 8.45. The van der Waals surface area contributed by atoms with Crippen molar-refractivity contribution in [3.63, 3.8) is 0 Å². The highest BCUT2D eigenvalue weighted by atomic mass is 16.1. The molecule has 1 aromatic rings. The van der Waals surface area contributed by atoms with E-state index in [2.05, 4.69) is 29.1 Å². The molecule has 0 amide bonds. The summed E-state index contributed by atoms with van der Waals surface area (Å²) in [6.07, 6.45) is 1.37. The van der Waals surface area contributed by atoms with E-state index in [-0.39, 0.29) is 11.6 Å². The van der Waals surface area contributed by atoms with Crippen molar-refractivity contribution in [2.45, 2.75) is 19.9 Å². The van der Waals surface area contributed by atoms with Crippen LogP contribution in [0.2, 0.25) is 0 Å². The van der Waals surface area contributed by atoms with Gasteiger partial charge in [0.05, 0.1) is 6.33 Å². The third-order valence-electron chi connectivity index (χ3n) is 2.07. The Balaban J connectivity index is 2.72. The summed E-state index contributed by atoms with van der Waals surface area (Å²) in [7, 11) is 0. The summed E-state index contributed by atoms with van der Waals surface area (Å²) < 4.78 is 0. The first-order valence-electron chi connectivity index (χ1n) is 4.65. The van der Waals surface area contributed by atoms with Gasteiger partial charge in [0.15, 0.2) is 0 Å². The molecule has 0 aliphatic carbocycles. The van der Waals surface area contributed by atoms with Crippen LogP contribution in [0.1, 0.15) is 13.8 Å². The number of aromatic amines is 1. The molecule has 1 unspecified atom stereocenters. The molecule has 5 heteroatoms. The van der Waals surface area contributed by atoms with Crippen molar-refractivity contribution in [2.75, 3.05) is 11.9 Å². The molecule has 1 heterocycles. The maximum atomic E-state index is 11.0. The fourth-order valence-corrected chi connectivity index (χ4v) is 1.14. The Kier molecular flexibility index (Phi) is 3.64. The Morgan fingerprint density at radius 3 is 2.86 bits per heavy atom. The van der Waals surface area contributed by atoms with Crippen LogP contribution in [0.4, 0.5) is 5.82 Å². The summed E-state index contributed by atoms with van der Waals surface area (Å²) in [5.41, 5.74) is 5.42. The summed E-state index contributed by atoms with van der Waals surface area (Å²) in [5.74, 6) is 0.971. The number of hydrogen-bond acceptors (Lipinski definition) is 4. The van der Waals surface area contributed by atoms with Gasteiger partial charge in [0.25, 0.3) is 5.56 Å². The fraction of sp³-hybridized carbons (Fsp3) is 0.556. The lowest BCUT2D eigenvalue weighted by atomic mass is 10.1. The van der Waals surface area contributed by atoms with E-state index in [0.717, 1.165) is 0 Å². The van der Waals surface area contributed by atoms with Crippen molar-refractivity contribution in [2.24, 2.45) is 11.7 Å². The number of aromatic nitrogens is 2. The highest BCUT2D eigenvalue weighted by molar-refractivity contribution is 5.33. The molecule has 0 aromatic carbocycles. The summed E-state index contributed by atoms with van der Waals surface area (Å²) in [6, 6.07) is 1.56. The molecule has 0 bridgehead atoms. The zero-order valence-electron chi connectivity index (χ0n) is 8.45. The van der Waals surface area contributed by atoms with E-state index >= 15 is 0 Å². The number of nitrogens with one attached hydrogen (secondary N) is 2. The van der Waals surface area contributed by atoms with E-state index in [1.807, 2.05) is 0 Å². The van der Waals surface area contributed by atoms with E-state index < -0.39 is 0 Å². The molecule has 4 N–H and O–H groups in total. The minimum atomic E-state index is -0.165. The molecule has 0 aliphatic heterocycles. The van der Waals surface area contributed by atoms with Gasteiger partial charge < -0.3 is 16.0 Å². The van der Waals surface area contributed by atoms with Crippen LogP contribution < -0.4 is 16.6 Å². The molecular weight excluding hydrogens is 180 g/mol. The molecule has 1 atom stereocenters. The number of H-pyrrole nitrogens is 1. The lowest BCUT2D eigenvalue weighted by Crippen LogP contribution is -2.34. The van der Waals surface area contributed by atoms with Gasteiger partial charge >= 0.3 is 0 Å². The van der Waals surface area contributed by atoms with Crippen molar-refractivity contribution in [1.82, 2.24) is 9.97 Å². The topological polar surface area (TPSA) is 83.8 Å². The second-order valence-electron chi connectivity index (χ2n) is 3.53. The molecule has 78 valence electrons. The average molecular weight is 196 g/mol. The summed E-state index contributed by atoms with van der Waals surface area (Å²) >= 11 is 0. The molecule has 0 fully saturated rings. The monoisotopic (exact) mass is 196 g/mol. The minimum Gasteiger partial charge on any atom is -0.366 e. The van der Waals surface area contributed by atoms with Crippen molar-refractivity contribution in [3.8, 4) is 0 Å². The molecule has 0 saturated carbocycles. The van der Waals surface area contributed by atoms with E-state index in [9.17, 15) is 4.79 Å². The van der Waals surface area contributed by atoms with Gasteiger partial charge in [-0.25, -0.2) is 4.98 Å². The molecule has 0 saturated heterocycles. The van der Waals surface area contributed by atoms with E-state index in [1.54, 1.807) is 0 Å². The lowest BCUT2D eigenvalue weighted by Gasteiger charge is -2.20. The molecule has 0 spiro atoms. The number of anilines is 1. The van der Waals surface area contributed by atoms with Crippen LogP contribution in [0.15, 0.2) is 17.2 Å². The quantitative estimate of drug-likeness (QED) is 0.640. The molecule has 1 aromatic heterocycles. The van der Waals surface area contributed by atoms with Gasteiger partial charge in [-0.05, 0) is 5.92 Å². The Morgan fingerprint density at radius 1 is 1.64 bits per heavy atom. The molecule has 0 aliphatic rings. The van der Waals surface area contributed by atoms with Gasteiger partial charge in [0.2, 0.25) is 0 Å². The standard InChI is InChI=1S/C9H16N4O/c1-6(2)7(4-10)13-8-3-9(14)12-5-11-8/h3,5-7H,4,10H2,1-2H3,(H2,11,12,13,14). The van der Waals surface area contributed by atoms with Crippen LogP contribution in [-0.2, 0) is 0 Å². The summed E-state index contributed by atoms with van der Waals surface area (Å²) in [5, 5.41) is 3.11. The van der Waals surface area contributed by atoms with Crippen molar-refractivity contribution < 1.29 is 0 Å². The zero-order chi connectivity index (χ0) is 10.6. The Hall–Kier alpha value is -1.36. The lowest BCUT2D eigenvalue weighted by molar-refractivity contribution is 0.530. The van der Waals surface area contributed by atoms with E-state index in [4.69, 9.17) is 5.73 Å². The Bertz CT molecular complexity index is 334. The normalized spacial score (nSPS) is 12.9. The molecule has 0 radical (unpaired) electrons. The van der Waals surface area contributed by atoms with Gasteiger partial charge in [0, 0.05) is 18.7 Å². The molecule has 5 nitrogen and oxygen atoms in total. The molecule has 1 rings (SSSR count). The first-order valence-corrected chi connectivity index (χ1v) is 4.65. The number of nitrogens with two attached hydrogens (primary N) is 1. The van der Waals surface area contributed by atoms with Crippen molar-refractivity contribution in [3.05, 3.63) is 22.7 Å². The van der Waals surface area contributed by atoms with Crippen molar-refractivity contribution >= 4 is 5.82 Å². The average Bonchev–Trinajstić information content (AvgIpc) is 2.14. The Morgan fingerprint density at radius 2 is 2.36 bits per heavy atom. The Labute approximate surface area is 82.7 Å². The SMILES string of the molecule is CC(C)C(CN)Nc1cc(=O)[nH]cn1. The first kappa shape index (κ1) is 10.7. The number of rotatable bonds is 4. The maximum Gasteiger partial charge on any atom is 0.252 e. The molecular formula is C9H16N4O. The predicted molar refractivity (Wildman–Crippen MR) is 56.2 cm³/mol. The smallest absolute Gasteiger partial charge is 0.252 e. The van der Waals surface area contributed by atoms with Gasteiger partial charge in [-0.15, -0.1) is 0 Å². The minimum absolute atomic E-state index is 0.143. The third kappa shape index (κ3) is 2.85. The van der Waals surface area contributed by atoms with Crippen LogP contribution in [-0.4, -0.2) is 22.6 Å². The highest BCUT2D eigenvalue weighted by Crippen LogP contribution is 2.06. The van der Waals surface area contributed by atoms with Gasteiger partial charge in [-0.3, -0.25) is 4.79 Å². The van der Waals surface area contributed by atoms with Gasteiger partial charge in [-0.1, -0.05) is 13.8 Å². The van der Waals surface area contributed by atoms with Crippen molar-refractivity contribution in [1.29, 1.82) is 0 Å². The number of hydrogen-bond donors (Lipinski definition) is 3. The van der Waals surface area contributed by atoms with Crippen LogP contribution in [0.3, 0.4) is 0 Å². The fourth-order valence-electron chi connectivity index (χ4n) is 1.14. The number of nitrogens with zero attached hydrogens (tertiary/aromatic N) is 1. The van der Waals surface area contributed by atoms with E-state index in [1.165, 1.54) is 12.4 Å². The third-order valence-corrected chi connectivity index (χ3v) is 2.07. The first-order chi connectivity index (χ1) is 6.63. The summed E-state index contributed by atoms with van der Waals surface area (Å²) in [4.78, 5) is 17.4.